The molecule has 134 valence electrons. The molecule has 0 atom stereocenters. The van der Waals surface area contributed by atoms with Crippen LogP contribution in [0.4, 0.5) is 5.69 Å². The summed E-state index contributed by atoms with van der Waals surface area (Å²) in [5.41, 5.74) is 5.24. The minimum atomic E-state index is -0.187. The van der Waals surface area contributed by atoms with Gasteiger partial charge in [-0.3, -0.25) is 4.79 Å². The highest BCUT2D eigenvalue weighted by atomic mass is 79.9. The number of hydrogen-bond acceptors (Lipinski definition) is 3. The summed E-state index contributed by atoms with van der Waals surface area (Å²) < 4.78 is 12.2. The summed E-state index contributed by atoms with van der Waals surface area (Å²) in [5, 5.41) is 3.90. The zero-order valence-electron chi connectivity index (χ0n) is 15.1. The molecule has 1 heterocycles. The molecule has 3 rings (SSSR count). The van der Waals surface area contributed by atoms with E-state index < -0.39 is 0 Å². The molecule has 0 bridgehead atoms. The van der Waals surface area contributed by atoms with Crippen LogP contribution in [0, 0.1) is 13.8 Å². The highest BCUT2D eigenvalue weighted by Crippen LogP contribution is 2.37. The van der Waals surface area contributed by atoms with Crippen molar-refractivity contribution in [1.82, 2.24) is 0 Å². The van der Waals surface area contributed by atoms with Crippen LogP contribution in [0.2, 0.25) is 0 Å². The lowest BCUT2D eigenvalue weighted by Gasteiger charge is -2.13. The summed E-state index contributed by atoms with van der Waals surface area (Å²) in [4.78, 5) is 12.4. The third kappa shape index (κ3) is 3.53. The van der Waals surface area contributed by atoms with Crippen LogP contribution in [0.1, 0.15) is 23.6 Å². The maximum absolute atomic E-state index is 12.4. The number of benzene rings is 2. The predicted octanol–water partition coefficient (Wildman–Crippen LogP) is 5.86. The van der Waals surface area contributed by atoms with Crippen molar-refractivity contribution in [2.24, 2.45) is 0 Å². The van der Waals surface area contributed by atoms with Crippen molar-refractivity contribution in [2.45, 2.75) is 20.8 Å². The normalized spacial score (nSPS) is 11.7. The van der Waals surface area contributed by atoms with Crippen LogP contribution in [-0.4, -0.2) is 13.0 Å². The number of allylic oxidation sites excluding steroid dienone is 1. The minimum Gasteiger partial charge on any atom is -0.496 e. The molecule has 1 N–H and O–H groups in total. The van der Waals surface area contributed by atoms with E-state index in [1.165, 1.54) is 0 Å². The van der Waals surface area contributed by atoms with Gasteiger partial charge in [-0.2, -0.15) is 0 Å². The number of furan rings is 1. The van der Waals surface area contributed by atoms with Crippen molar-refractivity contribution in [3.63, 3.8) is 0 Å². The van der Waals surface area contributed by atoms with Crippen LogP contribution in [0.5, 0.6) is 5.75 Å². The van der Waals surface area contributed by atoms with E-state index in [1.807, 2.05) is 51.1 Å². The van der Waals surface area contributed by atoms with Crippen LogP contribution in [0.25, 0.3) is 16.5 Å². The first-order valence-electron chi connectivity index (χ1n) is 8.21. The zero-order chi connectivity index (χ0) is 18.8. The molecular formula is C21H20BrNO3. The fourth-order valence-electron chi connectivity index (χ4n) is 2.98. The smallest absolute Gasteiger partial charge is 0.248 e. The maximum Gasteiger partial charge on any atom is 0.248 e. The van der Waals surface area contributed by atoms with Crippen molar-refractivity contribution in [2.75, 3.05) is 12.4 Å². The number of carbonyl (C=O) groups is 1. The minimum absolute atomic E-state index is 0.187. The number of rotatable bonds is 4. The Morgan fingerprint density at radius 2 is 1.92 bits per heavy atom. The molecule has 0 saturated carbocycles. The second kappa shape index (κ2) is 7.38. The van der Waals surface area contributed by atoms with E-state index in [2.05, 4.69) is 21.2 Å². The highest BCUT2D eigenvalue weighted by molar-refractivity contribution is 9.10. The van der Waals surface area contributed by atoms with E-state index in [-0.39, 0.29) is 5.91 Å². The number of fused-ring (bicyclic) bond motifs is 1. The lowest BCUT2D eigenvalue weighted by molar-refractivity contribution is -0.111. The van der Waals surface area contributed by atoms with E-state index in [0.717, 1.165) is 49.1 Å². The van der Waals surface area contributed by atoms with Gasteiger partial charge in [0.15, 0.2) is 0 Å². The monoisotopic (exact) mass is 413 g/mol. The molecule has 0 aliphatic rings. The maximum atomic E-state index is 12.4. The number of aryl methyl sites for hydroxylation is 2. The number of amides is 1. The van der Waals surface area contributed by atoms with Crippen LogP contribution in [0.15, 0.2) is 51.6 Å². The Balaban J connectivity index is 1.96. The summed E-state index contributed by atoms with van der Waals surface area (Å²) >= 11 is 3.38. The molecule has 5 heteroatoms. The van der Waals surface area contributed by atoms with Crippen LogP contribution in [-0.2, 0) is 4.79 Å². The zero-order valence-corrected chi connectivity index (χ0v) is 16.7. The quantitative estimate of drug-likeness (QED) is 0.544. The molecule has 26 heavy (non-hydrogen) atoms. The van der Waals surface area contributed by atoms with Crippen molar-refractivity contribution < 1.29 is 13.9 Å². The summed E-state index contributed by atoms with van der Waals surface area (Å²) in [5.74, 6) is 0.533. The van der Waals surface area contributed by atoms with Crippen molar-refractivity contribution in [1.29, 1.82) is 0 Å². The summed E-state index contributed by atoms with van der Waals surface area (Å²) in [6.45, 7) is 5.86. The molecule has 0 spiro atoms. The Morgan fingerprint density at radius 1 is 1.23 bits per heavy atom. The number of nitrogens with one attached hydrogen (secondary N) is 1. The van der Waals surface area contributed by atoms with Gasteiger partial charge in [0.2, 0.25) is 5.91 Å². The van der Waals surface area contributed by atoms with Crippen molar-refractivity contribution >= 4 is 44.1 Å². The molecule has 0 radical (unpaired) electrons. The molecule has 0 unspecified atom stereocenters. The first-order valence-corrected chi connectivity index (χ1v) is 9.00. The Labute approximate surface area is 161 Å². The van der Waals surface area contributed by atoms with E-state index in [0.29, 0.717) is 0 Å². The number of halogens is 1. The summed E-state index contributed by atoms with van der Waals surface area (Å²) in [6, 6.07) is 9.47. The van der Waals surface area contributed by atoms with Gasteiger partial charge in [-0.05, 0) is 62.2 Å². The first-order chi connectivity index (χ1) is 12.4. The van der Waals surface area contributed by atoms with Gasteiger partial charge in [-0.25, -0.2) is 0 Å². The molecule has 0 fully saturated rings. The summed E-state index contributed by atoms with van der Waals surface area (Å²) in [6.07, 6.45) is 3.32. The van der Waals surface area contributed by atoms with Gasteiger partial charge >= 0.3 is 0 Å². The van der Waals surface area contributed by atoms with Crippen molar-refractivity contribution in [3.05, 3.63) is 63.8 Å². The van der Waals surface area contributed by atoms with Gasteiger partial charge in [0.25, 0.3) is 0 Å². The van der Waals surface area contributed by atoms with Gasteiger partial charge in [-0.15, -0.1) is 0 Å². The van der Waals surface area contributed by atoms with Crippen LogP contribution >= 0.6 is 15.9 Å². The van der Waals surface area contributed by atoms with Crippen LogP contribution < -0.4 is 10.1 Å². The van der Waals surface area contributed by atoms with Gasteiger partial charge in [-0.1, -0.05) is 15.9 Å². The molecule has 1 aromatic heterocycles. The molecule has 0 aliphatic carbocycles. The number of anilines is 1. The topological polar surface area (TPSA) is 51.5 Å². The van der Waals surface area contributed by atoms with Gasteiger partial charge < -0.3 is 14.5 Å². The predicted molar refractivity (Wildman–Crippen MR) is 109 cm³/mol. The average molecular weight is 414 g/mol. The number of ether oxygens (including phenoxy) is 1. The average Bonchev–Trinajstić information content (AvgIpc) is 2.98. The van der Waals surface area contributed by atoms with E-state index in [4.69, 9.17) is 9.15 Å². The van der Waals surface area contributed by atoms with E-state index in [1.54, 1.807) is 19.4 Å². The molecule has 3 aromatic rings. The Morgan fingerprint density at radius 3 is 2.58 bits per heavy atom. The van der Waals surface area contributed by atoms with E-state index in [9.17, 15) is 4.79 Å². The number of methoxy groups -OCH3 is 1. The van der Waals surface area contributed by atoms with Gasteiger partial charge in [0, 0.05) is 32.7 Å². The Kier molecular flexibility index (Phi) is 5.18. The molecule has 1 amide bonds. The molecular weight excluding hydrogens is 394 g/mol. The Bertz CT molecular complexity index is 1000. The molecule has 0 saturated heterocycles. The fraction of sp³-hybridized carbons (Fsp3) is 0.190. The van der Waals surface area contributed by atoms with Crippen molar-refractivity contribution in [3.8, 4) is 5.75 Å². The second-order valence-electron chi connectivity index (χ2n) is 6.20. The first kappa shape index (κ1) is 18.3. The lowest BCUT2D eigenvalue weighted by Crippen LogP contribution is -2.08. The second-order valence-corrected chi connectivity index (χ2v) is 7.12. The van der Waals surface area contributed by atoms with Crippen LogP contribution in [0.3, 0.4) is 0 Å². The SMILES string of the molecule is COc1c(/C(C)=C/C(=O)Nc2ccc(Br)cc2)cc2c(C)coc2c1C. The number of carbonyl (C=O) groups excluding carboxylic acids is 1. The fourth-order valence-corrected chi connectivity index (χ4v) is 3.24. The lowest BCUT2D eigenvalue weighted by atomic mass is 9.98. The highest BCUT2D eigenvalue weighted by Gasteiger charge is 2.16. The number of hydrogen-bond donors (Lipinski definition) is 1. The van der Waals surface area contributed by atoms with Gasteiger partial charge in [0.1, 0.15) is 11.3 Å². The Hall–Kier alpha value is -2.53. The largest absolute Gasteiger partial charge is 0.496 e. The third-order valence-corrected chi connectivity index (χ3v) is 4.85. The van der Waals surface area contributed by atoms with E-state index >= 15 is 0 Å². The third-order valence-electron chi connectivity index (χ3n) is 4.33. The summed E-state index contributed by atoms with van der Waals surface area (Å²) in [7, 11) is 1.63. The molecule has 2 aromatic carbocycles. The van der Waals surface area contributed by atoms with Gasteiger partial charge in [0.05, 0.1) is 13.4 Å². The molecule has 0 aliphatic heterocycles. The standard InChI is InChI=1S/C21H20BrNO3/c1-12(9-19(24)23-16-7-5-15(22)6-8-16)17-10-18-13(2)11-26-21(18)14(3)20(17)25-4/h5-11H,1-4H3,(H,23,24)/b12-9+. The molecule has 4 nitrogen and oxygen atoms in total.